The van der Waals surface area contributed by atoms with Gasteiger partial charge in [-0.3, -0.25) is 10.1 Å². The van der Waals surface area contributed by atoms with Gasteiger partial charge in [0.15, 0.2) is 0 Å². The molecule has 1 aromatic carbocycles. The van der Waals surface area contributed by atoms with E-state index in [2.05, 4.69) is 26.2 Å². The lowest BCUT2D eigenvalue weighted by Crippen LogP contribution is -2.36. The molecule has 0 bridgehead atoms. The van der Waals surface area contributed by atoms with Crippen molar-refractivity contribution < 1.29 is 14.8 Å². The van der Waals surface area contributed by atoms with Gasteiger partial charge in [0, 0.05) is 23.6 Å². The molecule has 10 heteroatoms. The highest BCUT2D eigenvalue weighted by molar-refractivity contribution is 9.10. The molecule has 1 fully saturated rings. The highest BCUT2D eigenvalue weighted by atomic mass is 79.9. The Morgan fingerprint density at radius 3 is 3.04 bits per heavy atom. The van der Waals surface area contributed by atoms with Gasteiger partial charge in [-0.2, -0.15) is 0 Å². The van der Waals surface area contributed by atoms with Gasteiger partial charge in [0.25, 0.3) is 5.69 Å². The van der Waals surface area contributed by atoms with Gasteiger partial charge >= 0.3 is 6.09 Å². The molecule has 122 valence electrons. The van der Waals surface area contributed by atoms with Crippen LogP contribution in [0, 0.1) is 17.0 Å². The molecule has 1 saturated heterocycles. The minimum Gasteiger partial charge on any atom is -0.465 e. The summed E-state index contributed by atoms with van der Waals surface area (Å²) in [7, 11) is 0. The van der Waals surface area contributed by atoms with Crippen LogP contribution in [0.4, 0.5) is 16.2 Å². The van der Waals surface area contributed by atoms with Gasteiger partial charge < -0.3 is 15.3 Å². The van der Waals surface area contributed by atoms with Crippen molar-refractivity contribution >= 4 is 55.0 Å². The average molecular weight is 401 g/mol. The van der Waals surface area contributed by atoms with Crippen LogP contribution < -0.4 is 10.2 Å². The summed E-state index contributed by atoms with van der Waals surface area (Å²) in [6, 6.07) is 1.25. The standard InChI is InChI=1S/C13H13BrN4O4S/c1-6-15-10-11(17-3-2-7(5-17)16-13(19)20)9(18(21)22)4-8(14)12(10)23-6/h4,7,16H,2-3,5H2,1H3,(H,19,20)/t7-/m0/s1. The fraction of sp³-hybridized carbons (Fsp3) is 0.385. The van der Waals surface area contributed by atoms with Crippen LogP contribution in [0.1, 0.15) is 11.4 Å². The molecular formula is C13H13BrN4O4S. The summed E-state index contributed by atoms with van der Waals surface area (Å²) >= 11 is 4.84. The fourth-order valence-corrected chi connectivity index (χ4v) is 4.31. The summed E-state index contributed by atoms with van der Waals surface area (Å²) in [4.78, 5) is 28.1. The minimum atomic E-state index is -1.09. The summed E-state index contributed by atoms with van der Waals surface area (Å²) in [5.74, 6) is 0. The second kappa shape index (κ2) is 5.93. The summed E-state index contributed by atoms with van der Waals surface area (Å²) in [6.45, 7) is 2.78. The van der Waals surface area contributed by atoms with Gasteiger partial charge in [0.2, 0.25) is 0 Å². The van der Waals surface area contributed by atoms with Crippen molar-refractivity contribution in [1.29, 1.82) is 0 Å². The molecule has 0 radical (unpaired) electrons. The Bertz CT molecular complexity index is 809. The molecule has 2 heterocycles. The average Bonchev–Trinajstić information content (AvgIpc) is 3.04. The quantitative estimate of drug-likeness (QED) is 0.604. The van der Waals surface area contributed by atoms with E-state index in [1.807, 2.05) is 11.8 Å². The number of anilines is 1. The van der Waals surface area contributed by atoms with Gasteiger partial charge in [-0.05, 0) is 29.3 Å². The molecule has 1 amide bonds. The van der Waals surface area contributed by atoms with E-state index in [0.29, 0.717) is 35.2 Å². The zero-order chi connectivity index (χ0) is 16.7. The first-order valence-corrected chi connectivity index (χ1v) is 8.46. The number of carbonyl (C=O) groups is 1. The molecule has 0 spiro atoms. The summed E-state index contributed by atoms with van der Waals surface area (Å²) < 4.78 is 1.51. The van der Waals surface area contributed by atoms with E-state index in [4.69, 9.17) is 5.11 Å². The van der Waals surface area contributed by atoms with Gasteiger partial charge in [0.05, 0.1) is 20.7 Å². The van der Waals surface area contributed by atoms with E-state index >= 15 is 0 Å². The molecule has 0 saturated carbocycles. The number of hydrogen-bond donors (Lipinski definition) is 2. The van der Waals surface area contributed by atoms with E-state index in [1.165, 1.54) is 17.4 Å². The Morgan fingerprint density at radius 2 is 2.39 bits per heavy atom. The third kappa shape index (κ3) is 2.95. The molecular weight excluding hydrogens is 388 g/mol. The number of nitrogens with one attached hydrogen (secondary N) is 1. The predicted octanol–water partition coefficient (Wildman–Crippen LogP) is 3.12. The number of nitro benzene ring substituents is 1. The normalized spacial score (nSPS) is 17.7. The Labute approximate surface area is 143 Å². The van der Waals surface area contributed by atoms with E-state index in [9.17, 15) is 14.9 Å². The number of benzene rings is 1. The van der Waals surface area contributed by atoms with Gasteiger partial charge in [-0.1, -0.05) is 0 Å². The zero-order valence-corrected chi connectivity index (χ0v) is 14.5. The lowest BCUT2D eigenvalue weighted by molar-refractivity contribution is -0.384. The number of nitrogens with zero attached hydrogens (tertiary/aromatic N) is 3. The first-order valence-electron chi connectivity index (χ1n) is 6.85. The molecule has 0 unspecified atom stereocenters. The number of aromatic nitrogens is 1. The smallest absolute Gasteiger partial charge is 0.404 e. The Hall–Kier alpha value is -1.94. The number of hydrogen-bond acceptors (Lipinski definition) is 6. The topological polar surface area (TPSA) is 109 Å². The molecule has 3 rings (SSSR count). The molecule has 1 aromatic heterocycles. The summed E-state index contributed by atoms with van der Waals surface area (Å²) in [5, 5.41) is 23.5. The number of halogens is 1. The number of thiazole rings is 1. The van der Waals surface area contributed by atoms with Crippen LogP contribution in [0.3, 0.4) is 0 Å². The maximum atomic E-state index is 11.5. The van der Waals surface area contributed by atoms with Crippen molar-refractivity contribution in [1.82, 2.24) is 10.3 Å². The monoisotopic (exact) mass is 400 g/mol. The van der Waals surface area contributed by atoms with E-state index < -0.39 is 11.0 Å². The zero-order valence-electron chi connectivity index (χ0n) is 12.1. The Kier molecular flexibility index (Phi) is 4.11. The molecule has 0 aliphatic carbocycles. The predicted molar refractivity (Wildman–Crippen MR) is 90.5 cm³/mol. The van der Waals surface area contributed by atoms with Crippen LogP contribution >= 0.6 is 27.3 Å². The molecule has 2 aromatic rings. The maximum Gasteiger partial charge on any atom is 0.404 e. The van der Waals surface area contributed by atoms with E-state index in [0.717, 1.165) is 9.71 Å². The SMILES string of the molecule is Cc1nc2c(N3CC[C@H](NC(=O)O)C3)c([N+](=O)[O-])cc(Br)c2s1. The summed E-state index contributed by atoms with van der Waals surface area (Å²) in [6.07, 6.45) is -0.485. The number of rotatable bonds is 3. The van der Waals surface area contributed by atoms with Crippen LogP contribution in [-0.2, 0) is 0 Å². The van der Waals surface area contributed by atoms with Crippen molar-refractivity contribution in [3.8, 4) is 0 Å². The maximum absolute atomic E-state index is 11.5. The molecule has 1 aliphatic rings. The number of amides is 1. The van der Waals surface area contributed by atoms with Crippen molar-refractivity contribution in [2.75, 3.05) is 18.0 Å². The van der Waals surface area contributed by atoms with Gasteiger partial charge in [0.1, 0.15) is 11.2 Å². The highest BCUT2D eigenvalue weighted by Gasteiger charge is 2.32. The molecule has 1 atom stereocenters. The van der Waals surface area contributed by atoms with Crippen LogP contribution in [0.5, 0.6) is 0 Å². The minimum absolute atomic E-state index is 0.0225. The fourth-order valence-electron chi connectivity index (χ4n) is 2.83. The van der Waals surface area contributed by atoms with Crippen molar-refractivity contribution in [2.24, 2.45) is 0 Å². The first kappa shape index (κ1) is 15.9. The van der Waals surface area contributed by atoms with Crippen LogP contribution in [0.25, 0.3) is 10.2 Å². The van der Waals surface area contributed by atoms with Gasteiger partial charge in [-0.15, -0.1) is 11.3 Å². The molecule has 8 nitrogen and oxygen atoms in total. The first-order chi connectivity index (χ1) is 10.9. The lowest BCUT2D eigenvalue weighted by Gasteiger charge is -2.19. The number of aryl methyl sites for hydroxylation is 1. The van der Waals surface area contributed by atoms with E-state index in [1.54, 1.807) is 0 Å². The number of fused-ring (bicyclic) bond motifs is 1. The Balaban J connectivity index is 2.09. The van der Waals surface area contributed by atoms with E-state index in [-0.39, 0.29) is 11.7 Å². The van der Waals surface area contributed by atoms with Crippen LogP contribution in [-0.4, -0.2) is 40.2 Å². The third-order valence-electron chi connectivity index (χ3n) is 3.71. The van der Waals surface area contributed by atoms with Crippen molar-refractivity contribution in [2.45, 2.75) is 19.4 Å². The van der Waals surface area contributed by atoms with Crippen LogP contribution in [0.2, 0.25) is 0 Å². The largest absolute Gasteiger partial charge is 0.465 e. The molecule has 2 N–H and O–H groups in total. The molecule has 1 aliphatic heterocycles. The number of nitro groups is 1. The third-order valence-corrected chi connectivity index (χ3v) is 5.60. The molecule has 23 heavy (non-hydrogen) atoms. The lowest BCUT2D eigenvalue weighted by atomic mass is 10.2. The highest BCUT2D eigenvalue weighted by Crippen LogP contribution is 2.43. The van der Waals surface area contributed by atoms with Crippen molar-refractivity contribution in [3.63, 3.8) is 0 Å². The van der Waals surface area contributed by atoms with Crippen LogP contribution in [0.15, 0.2) is 10.5 Å². The van der Waals surface area contributed by atoms with Gasteiger partial charge in [-0.25, -0.2) is 9.78 Å². The Morgan fingerprint density at radius 1 is 1.65 bits per heavy atom. The second-order valence-corrected chi connectivity index (χ2v) is 7.33. The van der Waals surface area contributed by atoms with Crippen molar-refractivity contribution in [3.05, 3.63) is 25.7 Å². The summed E-state index contributed by atoms with van der Waals surface area (Å²) in [5.41, 5.74) is 1.03. The second-order valence-electron chi connectivity index (χ2n) is 5.27. The number of carboxylic acid groups (broad SMARTS) is 1.